The van der Waals surface area contributed by atoms with Gasteiger partial charge in [0.2, 0.25) is 5.91 Å². The SMILES string of the molecule is CC(C)C(=O)/C=C/CN1CCC1.CC(C)NC(=O)/C=C/CN1CCCC1.[HH]. The van der Waals surface area contributed by atoms with Crippen molar-refractivity contribution in [1.29, 1.82) is 0 Å². The number of carbonyl (C=O) groups is 2. The van der Waals surface area contributed by atoms with Crippen LogP contribution in [-0.4, -0.2) is 66.8 Å². The monoisotopic (exact) mass is 365 g/mol. The molecule has 1 N–H and O–H groups in total. The topological polar surface area (TPSA) is 52.7 Å². The Hall–Kier alpha value is -1.46. The van der Waals surface area contributed by atoms with E-state index in [2.05, 4.69) is 15.1 Å². The summed E-state index contributed by atoms with van der Waals surface area (Å²) in [6.07, 6.45) is 11.2. The Balaban J connectivity index is 0.000000488. The van der Waals surface area contributed by atoms with Crippen LogP contribution in [0.15, 0.2) is 24.3 Å². The van der Waals surface area contributed by atoms with E-state index in [-0.39, 0.29) is 25.1 Å². The van der Waals surface area contributed by atoms with E-state index in [1.165, 1.54) is 45.4 Å². The van der Waals surface area contributed by atoms with E-state index < -0.39 is 0 Å². The van der Waals surface area contributed by atoms with Crippen molar-refractivity contribution in [3.05, 3.63) is 24.3 Å². The molecule has 0 aromatic rings. The number of amides is 1. The van der Waals surface area contributed by atoms with Gasteiger partial charge < -0.3 is 5.32 Å². The predicted molar refractivity (Wildman–Crippen MR) is 110 cm³/mol. The molecule has 0 unspecified atom stereocenters. The van der Waals surface area contributed by atoms with E-state index in [1.54, 1.807) is 12.2 Å². The molecule has 0 aromatic carbocycles. The smallest absolute Gasteiger partial charge is 0.243 e. The second-order valence-electron chi connectivity index (χ2n) is 7.69. The number of rotatable bonds is 8. The molecule has 150 valence electrons. The Labute approximate surface area is 161 Å². The van der Waals surface area contributed by atoms with Gasteiger partial charge in [-0.15, -0.1) is 0 Å². The molecule has 2 aliphatic rings. The van der Waals surface area contributed by atoms with Crippen LogP contribution < -0.4 is 5.32 Å². The third-order valence-corrected chi connectivity index (χ3v) is 4.43. The lowest BCUT2D eigenvalue weighted by Gasteiger charge is -2.29. The average molecular weight is 366 g/mol. The number of hydrogen-bond donors (Lipinski definition) is 1. The Kier molecular flexibility index (Phi) is 11.1. The highest BCUT2D eigenvalue weighted by molar-refractivity contribution is 5.91. The van der Waals surface area contributed by atoms with Crippen LogP contribution in [-0.2, 0) is 9.59 Å². The zero-order valence-corrected chi connectivity index (χ0v) is 17.0. The zero-order chi connectivity index (χ0) is 19.4. The number of allylic oxidation sites excluding steroid dienone is 1. The maximum atomic E-state index is 11.2. The summed E-state index contributed by atoms with van der Waals surface area (Å²) < 4.78 is 0. The van der Waals surface area contributed by atoms with Gasteiger partial charge in [0, 0.05) is 32.6 Å². The lowest BCUT2D eigenvalue weighted by Crippen LogP contribution is -2.37. The molecule has 2 aliphatic heterocycles. The highest BCUT2D eigenvalue weighted by atomic mass is 16.1. The Morgan fingerprint density at radius 2 is 1.38 bits per heavy atom. The standard InChI is InChI=1S/C11H20N2O.C10H17NO.H2/c1-10(2)12-11(14)6-5-9-13-7-3-4-8-13;1-9(2)10(12)5-3-6-11-7-4-8-11;/h5-6,10H,3-4,7-9H2,1-2H3,(H,12,14);3,5,9H,4,6-8H2,1-2H3;1H/b6-5+;5-3+;. The molecular formula is C21H39N3O2. The predicted octanol–water partition coefficient (Wildman–Crippen LogP) is 2.88. The molecule has 2 saturated heterocycles. The maximum Gasteiger partial charge on any atom is 0.243 e. The summed E-state index contributed by atoms with van der Waals surface area (Å²) in [5.74, 6) is 0.382. The van der Waals surface area contributed by atoms with Gasteiger partial charge in [0.1, 0.15) is 0 Å². The van der Waals surface area contributed by atoms with Crippen molar-refractivity contribution < 1.29 is 11.0 Å². The van der Waals surface area contributed by atoms with Crippen LogP contribution in [0.3, 0.4) is 0 Å². The van der Waals surface area contributed by atoms with Gasteiger partial charge in [-0.05, 0) is 65.4 Å². The van der Waals surface area contributed by atoms with Gasteiger partial charge in [-0.25, -0.2) is 0 Å². The number of ketones is 1. The number of nitrogens with one attached hydrogen (secondary N) is 1. The van der Waals surface area contributed by atoms with Crippen LogP contribution >= 0.6 is 0 Å². The zero-order valence-electron chi connectivity index (χ0n) is 17.0. The van der Waals surface area contributed by atoms with Gasteiger partial charge in [0.25, 0.3) is 0 Å². The van der Waals surface area contributed by atoms with E-state index in [9.17, 15) is 9.59 Å². The van der Waals surface area contributed by atoms with E-state index in [0.29, 0.717) is 0 Å². The molecular weight excluding hydrogens is 326 g/mol. The fraction of sp³-hybridized carbons (Fsp3) is 0.714. The molecule has 0 spiro atoms. The summed E-state index contributed by atoms with van der Waals surface area (Å²) in [5, 5.41) is 2.82. The van der Waals surface area contributed by atoms with Crippen LogP contribution in [0.4, 0.5) is 0 Å². The summed E-state index contributed by atoms with van der Waals surface area (Å²) in [7, 11) is 0. The molecule has 0 atom stereocenters. The summed E-state index contributed by atoms with van der Waals surface area (Å²) in [6, 6.07) is 0.221. The Morgan fingerprint density at radius 3 is 1.81 bits per heavy atom. The van der Waals surface area contributed by atoms with E-state index in [0.717, 1.165) is 13.1 Å². The molecule has 2 fully saturated rings. The highest BCUT2D eigenvalue weighted by Crippen LogP contribution is 2.06. The molecule has 5 heteroatoms. The first kappa shape index (κ1) is 22.6. The first-order valence-corrected chi connectivity index (χ1v) is 10.0. The van der Waals surface area contributed by atoms with Crippen LogP contribution in [0, 0.1) is 5.92 Å². The molecule has 0 aliphatic carbocycles. The molecule has 2 rings (SSSR count). The number of nitrogens with zero attached hydrogens (tertiary/aromatic N) is 2. The first-order valence-electron chi connectivity index (χ1n) is 10.0. The second-order valence-corrected chi connectivity index (χ2v) is 7.69. The minimum atomic E-state index is 0. The molecule has 0 bridgehead atoms. The Bertz CT molecular complexity index is 480. The summed E-state index contributed by atoms with van der Waals surface area (Å²) >= 11 is 0. The normalized spacial score (nSPS) is 18.4. The van der Waals surface area contributed by atoms with Crippen molar-refractivity contribution in [1.82, 2.24) is 15.1 Å². The molecule has 5 nitrogen and oxygen atoms in total. The summed E-state index contributed by atoms with van der Waals surface area (Å²) in [5.41, 5.74) is 0. The lowest BCUT2D eigenvalue weighted by atomic mass is 10.1. The molecule has 0 radical (unpaired) electrons. The van der Waals surface area contributed by atoms with Crippen molar-refractivity contribution in [2.24, 2.45) is 5.92 Å². The van der Waals surface area contributed by atoms with Crippen molar-refractivity contribution in [2.45, 2.75) is 53.0 Å². The molecule has 26 heavy (non-hydrogen) atoms. The van der Waals surface area contributed by atoms with E-state index in [1.807, 2.05) is 39.8 Å². The minimum absolute atomic E-state index is 0. The Morgan fingerprint density at radius 1 is 0.885 bits per heavy atom. The van der Waals surface area contributed by atoms with Crippen molar-refractivity contribution in [3.63, 3.8) is 0 Å². The molecule has 0 saturated carbocycles. The first-order chi connectivity index (χ1) is 12.4. The summed E-state index contributed by atoms with van der Waals surface area (Å²) in [6.45, 7) is 14.4. The fourth-order valence-electron chi connectivity index (χ4n) is 2.68. The number of likely N-dealkylation sites (tertiary alicyclic amines) is 2. The van der Waals surface area contributed by atoms with Crippen LogP contribution in [0.1, 0.15) is 48.4 Å². The van der Waals surface area contributed by atoms with Crippen molar-refractivity contribution >= 4 is 11.7 Å². The van der Waals surface area contributed by atoms with Crippen molar-refractivity contribution in [2.75, 3.05) is 39.3 Å². The van der Waals surface area contributed by atoms with E-state index >= 15 is 0 Å². The van der Waals surface area contributed by atoms with Gasteiger partial charge in [-0.2, -0.15) is 0 Å². The van der Waals surface area contributed by atoms with Gasteiger partial charge in [0.05, 0.1) is 0 Å². The average Bonchev–Trinajstić information content (AvgIpc) is 3.02. The quantitative estimate of drug-likeness (QED) is 0.672. The third-order valence-electron chi connectivity index (χ3n) is 4.43. The van der Waals surface area contributed by atoms with Crippen LogP contribution in [0.5, 0.6) is 0 Å². The maximum absolute atomic E-state index is 11.2. The van der Waals surface area contributed by atoms with Crippen LogP contribution in [0.2, 0.25) is 0 Å². The van der Waals surface area contributed by atoms with Gasteiger partial charge in [0.15, 0.2) is 5.78 Å². The molecule has 1 amide bonds. The van der Waals surface area contributed by atoms with Crippen LogP contribution in [0.25, 0.3) is 0 Å². The van der Waals surface area contributed by atoms with Gasteiger partial charge >= 0.3 is 0 Å². The van der Waals surface area contributed by atoms with E-state index in [4.69, 9.17) is 0 Å². The number of hydrogen-bond acceptors (Lipinski definition) is 4. The minimum Gasteiger partial charge on any atom is -0.350 e. The largest absolute Gasteiger partial charge is 0.350 e. The fourth-order valence-corrected chi connectivity index (χ4v) is 2.68. The van der Waals surface area contributed by atoms with Crippen molar-refractivity contribution in [3.8, 4) is 0 Å². The van der Waals surface area contributed by atoms with Gasteiger partial charge in [-0.1, -0.05) is 26.0 Å². The molecule has 0 aromatic heterocycles. The number of carbonyl (C=O) groups excluding carboxylic acids is 2. The summed E-state index contributed by atoms with van der Waals surface area (Å²) in [4.78, 5) is 27.0. The molecule has 2 heterocycles. The highest BCUT2D eigenvalue weighted by Gasteiger charge is 2.11. The third kappa shape index (κ3) is 10.5. The van der Waals surface area contributed by atoms with Gasteiger partial charge in [-0.3, -0.25) is 19.4 Å². The second kappa shape index (κ2) is 12.8. The lowest BCUT2D eigenvalue weighted by molar-refractivity contribution is -0.117.